The van der Waals surface area contributed by atoms with Crippen LogP contribution in [0.15, 0.2) is 59.5 Å². The van der Waals surface area contributed by atoms with E-state index in [0.717, 1.165) is 31.2 Å². The van der Waals surface area contributed by atoms with Gasteiger partial charge in [0.15, 0.2) is 16.5 Å². The van der Waals surface area contributed by atoms with Crippen molar-refractivity contribution < 1.29 is 59.6 Å². The van der Waals surface area contributed by atoms with E-state index in [9.17, 15) is 41.4 Å². The smallest absolute Gasteiger partial charge is 0.429 e. The summed E-state index contributed by atoms with van der Waals surface area (Å²) in [6.45, 7) is 2.12. The number of aryl methyl sites for hydroxylation is 1. The van der Waals surface area contributed by atoms with Gasteiger partial charge in [0.25, 0.3) is 0 Å². The molecule has 2 nitrogen and oxygen atoms in total. The zero-order valence-corrected chi connectivity index (χ0v) is 25.1. The van der Waals surface area contributed by atoms with Crippen molar-refractivity contribution in [1.82, 2.24) is 0 Å². The molecule has 0 N–H and O–H groups in total. The topological polar surface area (TPSA) is 18.5 Å². The van der Waals surface area contributed by atoms with Gasteiger partial charge in [-0.1, -0.05) is 63.5 Å². The van der Waals surface area contributed by atoms with Crippen LogP contribution in [0, 0.1) is 23.4 Å². The summed E-state index contributed by atoms with van der Waals surface area (Å²) in [5.41, 5.74) is 0.561. The van der Waals surface area contributed by atoms with E-state index in [1.807, 2.05) is 24.3 Å². The lowest BCUT2D eigenvalue weighted by molar-refractivity contribution is -0.222. The van der Waals surface area contributed by atoms with Crippen LogP contribution in [0.1, 0.15) is 74.5 Å². The van der Waals surface area contributed by atoms with E-state index < -0.39 is 79.9 Å². The first-order valence-corrected chi connectivity index (χ1v) is 16.3. The zero-order chi connectivity index (χ0) is 34.2. The summed E-state index contributed by atoms with van der Waals surface area (Å²) in [6, 6.07) is 7.91. The van der Waals surface area contributed by atoms with Gasteiger partial charge in [0, 0.05) is 18.2 Å². The van der Waals surface area contributed by atoms with Crippen LogP contribution in [0.5, 0.6) is 11.5 Å². The molecule has 0 spiro atoms. The summed E-state index contributed by atoms with van der Waals surface area (Å²) >= 11 is 0. The second-order valence-corrected chi connectivity index (χ2v) is 13.7. The van der Waals surface area contributed by atoms with Gasteiger partial charge in [-0.2, -0.15) is 17.6 Å². The minimum absolute atomic E-state index is 0.0558. The molecule has 256 valence electrons. The fourth-order valence-corrected chi connectivity index (χ4v) is 6.36. The van der Waals surface area contributed by atoms with Gasteiger partial charge in [0.2, 0.25) is 0 Å². The molecule has 15 heteroatoms. The first-order chi connectivity index (χ1) is 21.1. The standard InChI is InChI=1S/C31H30F12O2S/c1-2-3-4-5-19-6-8-20(9-7-19)21-10-12-22(13-11-21)30(35,36)44-23-14-15-25(26(32)16-23)31(37,38)45-24-17-27(33)29(28(34)18-24)46(39,40,41,42)43/h6-9,14-18,21-22H,2-5,10-13H2,1H3. The number of hydrogen-bond acceptors (Lipinski definition) is 2. The average molecular weight is 695 g/mol. The molecule has 0 radical (unpaired) electrons. The number of alkyl halides is 4. The van der Waals surface area contributed by atoms with Crippen LogP contribution >= 0.6 is 10.2 Å². The van der Waals surface area contributed by atoms with Gasteiger partial charge in [0.05, 0.1) is 5.92 Å². The molecule has 4 rings (SSSR count). The van der Waals surface area contributed by atoms with E-state index in [-0.39, 0.29) is 30.9 Å². The Kier molecular flexibility index (Phi) is 9.36. The van der Waals surface area contributed by atoms with Crippen molar-refractivity contribution in [3.8, 4) is 11.5 Å². The minimum atomic E-state index is -10.9. The predicted octanol–water partition coefficient (Wildman–Crippen LogP) is 12.6. The molecular weight excluding hydrogens is 664 g/mol. The van der Waals surface area contributed by atoms with Gasteiger partial charge in [-0.05, 0) is 67.7 Å². The normalized spacial score (nSPS) is 19.3. The molecule has 3 aromatic rings. The zero-order valence-electron chi connectivity index (χ0n) is 24.3. The van der Waals surface area contributed by atoms with Crippen molar-refractivity contribution in [2.45, 2.75) is 81.3 Å². The maximum atomic E-state index is 15.0. The lowest BCUT2D eigenvalue weighted by Gasteiger charge is -2.40. The third-order valence-electron chi connectivity index (χ3n) is 7.83. The van der Waals surface area contributed by atoms with Crippen LogP contribution in [0.2, 0.25) is 0 Å². The van der Waals surface area contributed by atoms with Crippen molar-refractivity contribution >= 4 is 10.2 Å². The molecule has 1 aliphatic rings. The van der Waals surface area contributed by atoms with Gasteiger partial charge in [-0.25, -0.2) is 13.2 Å². The molecule has 0 aliphatic heterocycles. The van der Waals surface area contributed by atoms with Gasteiger partial charge in [0.1, 0.15) is 22.9 Å². The fourth-order valence-electron chi connectivity index (χ4n) is 5.50. The Morgan fingerprint density at radius 3 is 1.78 bits per heavy atom. The maximum Gasteiger partial charge on any atom is 0.429 e. The maximum absolute atomic E-state index is 15.0. The van der Waals surface area contributed by atoms with Crippen LogP contribution in [-0.2, 0) is 12.5 Å². The molecule has 1 fully saturated rings. The number of ether oxygens (including phenoxy) is 2. The second kappa shape index (κ2) is 12.1. The summed E-state index contributed by atoms with van der Waals surface area (Å²) in [5.74, 6) is -11.5. The number of rotatable bonds is 12. The quantitative estimate of drug-likeness (QED) is 0.139. The van der Waals surface area contributed by atoms with E-state index in [2.05, 4.69) is 16.4 Å². The number of halogens is 12. The van der Waals surface area contributed by atoms with Crippen LogP contribution in [0.3, 0.4) is 0 Å². The second-order valence-electron chi connectivity index (χ2n) is 11.4. The van der Waals surface area contributed by atoms with Crippen LogP contribution in [-0.4, -0.2) is 6.11 Å². The molecule has 0 aromatic heterocycles. The molecule has 1 saturated carbocycles. The number of unbranched alkanes of at least 4 members (excludes halogenated alkanes) is 2. The van der Waals surface area contributed by atoms with Crippen molar-refractivity contribution in [2.24, 2.45) is 5.92 Å². The largest absolute Gasteiger partial charge is 0.432 e. The summed E-state index contributed by atoms with van der Waals surface area (Å²) in [7, 11) is -10.9. The molecule has 1 aliphatic carbocycles. The van der Waals surface area contributed by atoms with Crippen molar-refractivity contribution in [3.63, 3.8) is 0 Å². The van der Waals surface area contributed by atoms with Crippen LogP contribution in [0.25, 0.3) is 0 Å². The highest BCUT2D eigenvalue weighted by Crippen LogP contribution is 3.02. The summed E-state index contributed by atoms with van der Waals surface area (Å²) in [5, 5.41) is 0. The molecule has 0 atom stereocenters. The Labute approximate surface area is 257 Å². The van der Waals surface area contributed by atoms with Crippen LogP contribution in [0.4, 0.5) is 50.2 Å². The van der Waals surface area contributed by atoms with Crippen molar-refractivity contribution in [1.29, 1.82) is 0 Å². The molecule has 3 aromatic carbocycles. The minimum Gasteiger partial charge on any atom is -0.432 e. The van der Waals surface area contributed by atoms with E-state index in [0.29, 0.717) is 18.9 Å². The monoisotopic (exact) mass is 694 g/mol. The Morgan fingerprint density at radius 1 is 0.696 bits per heavy atom. The highest BCUT2D eigenvalue weighted by Gasteiger charge is 2.69. The van der Waals surface area contributed by atoms with Crippen molar-refractivity contribution in [2.75, 3.05) is 0 Å². The lowest BCUT2D eigenvalue weighted by Crippen LogP contribution is -2.37. The highest BCUT2D eigenvalue weighted by molar-refractivity contribution is 8.45. The first kappa shape index (κ1) is 35.6. The molecule has 0 bridgehead atoms. The molecule has 46 heavy (non-hydrogen) atoms. The number of hydrogen-bond donors (Lipinski definition) is 0. The highest BCUT2D eigenvalue weighted by atomic mass is 32.5. The third kappa shape index (κ3) is 8.56. The fraction of sp³-hybridized carbons (Fsp3) is 0.419. The van der Waals surface area contributed by atoms with Gasteiger partial charge < -0.3 is 9.47 Å². The molecular formula is C31H30F12O2S. The Bertz CT molecular complexity index is 1510. The Morgan fingerprint density at radius 2 is 1.26 bits per heavy atom. The number of benzene rings is 3. The van der Waals surface area contributed by atoms with E-state index in [1.54, 1.807) is 0 Å². The van der Waals surface area contributed by atoms with E-state index >= 15 is 8.78 Å². The van der Waals surface area contributed by atoms with E-state index in [4.69, 9.17) is 0 Å². The Hall–Kier alpha value is -3.23. The predicted molar refractivity (Wildman–Crippen MR) is 149 cm³/mol. The third-order valence-corrected chi connectivity index (χ3v) is 9.00. The SMILES string of the molecule is CCCCCc1ccc(C2CCC(C(F)(F)Oc3ccc(C(F)(F)Oc4cc(F)c(S(F)(F)(F)(F)F)c(F)c4)c(F)c3)CC2)cc1. The van der Waals surface area contributed by atoms with E-state index in [1.165, 1.54) is 5.56 Å². The molecule has 0 amide bonds. The summed E-state index contributed by atoms with van der Waals surface area (Å²) in [6.07, 6.45) is -3.38. The van der Waals surface area contributed by atoms with Gasteiger partial charge in [-0.15, -0.1) is 0 Å². The van der Waals surface area contributed by atoms with Crippen LogP contribution < -0.4 is 9.47 Å². The summed E-state index contributed by atoms with van der Waals surface area (Å²) < 4.78 is 175. The average Bonchev–Trinajstić information content (AvgIpc) is 2.91. The first-order valence-electron chi connectivity index (χ1n) is 14.4. The molecule has 0 unspecified atom stereocenters. The molecule has 0 saturated heterocycles. The van der Waals surface area contributed by atoms with Gasteiger partial charge in [-0.3, -0.25) is 0 Å². The molecule has 0 heterocycles. The van der Waals surface area contributed by atoms with Crippen molar-refractivity contribution in [3.05, 3.63) is 88.7 Å². The Balaban J connectivity index is 1.40. The summed E-state index contributed by atoms with van der Waals surface area (Å²) in [4.78, 5) is -3.57. The van der Waals surface area contributed by atoms with Gasteiger partial charge >= 0.3 is 22.4 Å². The lowest BCUT2D eigenvalue weighted by atomic mass is 9.78.